The molecule has 552 valence electrons. The molecule has 0 aromatic heterocycles. The fourth-order valence-electron chi connectivity index (χ4n) is 11.2. The second-order valence-electron chi connectivity index (χ2n) is 27.6. The second kappa shape index (κ2) is 64.7. The van der Waals surface area contributed by atoms with E-state index < -0.39 is 97.5 Å². The lowest BCUT2D eigenvalue weighted by molar-refractivity contribution is -0.161. The zero-order chi connectivity index (χ0) is 68.7. The molecule has 0 aromatic rings. The maximum Gasteiger partial charge on any atom is 0.472 e. The monoisotopic (exact) mass is 1370 g/mol. The minimum atomic E-state index is -4.96. The van der Waals surface area contributed by atoms with Crippen LogP contribution in [0.3, 0.4) is 0 Å². The Morgan fingerprint density at radius 2 is 0.548 bits per heavy atom. The summed E-state index contributed by atoms with van der Waals surface area (Å²) in [7, 11) is -9.91. The summed E-state index contributed by atoms with van der Waals surface area (Å²) in [6, 6.07) is 0. The second-order valence-corrected chi connectivity index (χ2v) is 30.6. The highest BCUT2D eigenvalue weighted by atomic mass is 31.2. The molecular formula is C74H144O17P2. The summed E-state index contributed by atoms with van der Waals surface area (Å²) < 4.78 is 68.5. The lowest BCUT2D eigenvalue weighted by Gasteiger charge is -2.21. The van der Waals surface area contributed by atoms with Gasteiger partial charge in [0.2, 0.25) is 0 Å². The number of rotatable bonds is 72. The lowest BCUT2D eigenvalue weighted by Crippen LogP contribution is -2.30. The minimum absolute atomic E-state index is 0.105. The summed E-state index contributed by atoms with van der Waals surface area (Å²) in [5.74, 6) is 0.236. The maximum absolute atomic E-state index is 13.1. The number of esters is 4. The first-order valence-corrected chi connectivity index (χ1v) is 41.4. The quantitative estimate of drug-likeness (QED) is 0.0222. The van der Waals surface area contributed by atoms with Crippen molar-refractivity contribution in [1.29, 1.82) is 0 Å². The third-order valence-electron chi connectivity index (χ3n) is 17.9. The summed E-state index contributed by atoms with van der Waals surface area (Å²) in [4.78, 5) is 72.8. The van der Waals surface area contributed by atoms with Crippen LogP contribution in [0.2, 0.25) is 0 Å². The number of aliphatic hydroxyl groups excluding tert-OH is 1. The Morgan fingerprint density at radius 3 is 0.817 bits per heavy atom. The molecule has 0 amide bonds. The van der Waals surface area contributed by atoms with Crippen molar-refractivity contribution in [3.8, 4) is 0 Å². The van der Waals surface area contributed by atoms with Gasteiger partial charge in [0.15, 0.2) is 12.2 Å². The lowest BCUT2D eigenvalue weighted by atomic mass is 9.99. The van der Waals surface area contributed by atoms with Gasteiger partial charge in [-0.15, -0.1) is 0 Å². The third-order valence-corrected chi connectivity index (χ3v) is 19.8. The van der Waals surface area contributed by atoms with Crippen LogP contribution in [-0.2, 0) is 65.4 Å². The number of unbranched alkanes of at least 4 members (excludes halogenated alkanes) is 38. The molecule has 0 saturated carbocycles. The van der Waals surface area contributed by atoms with Crippen molar-refractivity contribution in [3.63, 3.8) is 0 Å². The normalized spacial score (nSPS) is 14.7. The molecule has 0 aromatic carbocycles. The van der Waals surface area contributed by atoms with Crippen LogP contribution in [0.25, 0.3) is 0 Å². The minimum Gasteiger partial charge on any atom is -0.462 e. The highest BCUT2D eigenvalue weighted by Gasteiger charge is 2.30. The highest BCUT2D eigenvalue weighted by Crippen LogP contribution is 2.45. The van der Waals surface area contributed by atoms with Crippen LogP contribution in [0.1, 0.15) is 376 Å². The van der Waals surface area contributed by atoms with Gasteiger partial charge in [-0.05, 0) is 43.4 Å². The van der Waals surface area contributed by atoms with Crippen LogP contribution >= 0.6 is 15.6 Å². The molecule has 4 unspecified atom stereocenters. The number of ether oxygens (including phenoxy) is 4. The number of hydrogen-bond donors (Lipinski definition) is 3. The predicted molar refractivity (Wildman–Crippen MR) is 377 cm³/mol. The number of phosphoric ester groups is 2. The van der Waals surface area contributed by atoms with Crippen molar-refractivity contribution in [2.75, 3.05) is 39.6 Å². The molecule has 0 heterocycles. The van der Waals surface area contributed by atoms with Crippen LogP contribution < -0.4 is 0 Å². The van der Waals surface area contributed by atoms with E-state index in [1.54, 1.807) is 0 Å². The van der Waals surface area contributed by atoms with Gasteiger partial charge in [0.1, 0.15) is 19.3 Å². The maximum atomic E-state index is 13.1. The molecule has 0 saturated heterocycles. The molecule has 0 rings (SSSR count). The molecule has 17 nitrogen and oxygen atoms in total. The molecule has 0 bridgehead atoms. The summed E-state index contributed by atoms with van der Waals surface area (Å²) in [6.07, 6.45) is 49.7. The van der Waals surface area contributed by atoms with Gasteiger partial charge >= 0.3 is 39.5 Å². The Kier molecular flexibility index (Phi) is 63.4. The Hall–Kier alpha value is -1.94. The van der Waals surface area contributed by atoms with Gasteiger partial charge in [-0.2, -0.15) is 0 Å². The van der Waals surface area contributed by atoms with Gasteiger partial charge in [0.05, 0.1) is 26.4 Å². The summed E-state index contributed by atoms with van der Waals surface area (Å²) in [5, 5.41) is 10.6. The first-order chi connectivity index (χ1) is 44.8. The van der Waals surface area contributed by atoms with E-state index in [2.05, 4.69) is 48.5 Å². The molecule has 19 heteroatoms. The third kappa shape index (κ3) is 65.8. The van der Waals surface area contributed by atoms with Crippen molar-refractivity contribution in [2.24, 2.45) is 17.8 Å². The van der Waals surface area contributed by atoms with Crippen molar-refractivity contribution >= 4 is 39.5 Å². The zero-order valence-corrected chi connectivity index (χ0v) is 62.5. The van der Waals surface area contributed by atoms with Crippen LogP contribution in [-0.4, -0.2) is 96.7 Å². The zero-order valence-electron chi connectivity index (χ0n) is 60.7. The van der Waals surface area contributed by atoms with Crippen molar-refractivity contribution < 1.29 is 80.2 Å². The van der Waals surface area contributed by atoms with Crippen molar-refractivity contribution in [1.82, 2.24) is 0 Å². The van der Waals surface area contributed by atoms with E-state index in [-0.39, 0.29) is 25.7 Å². The molecule has 0 radical (unpaired) electrons. The van der Waals surface area contributed by atoms with Crippen LogP contribution in [0.4, 0.5) is 0 Å². The van der Waals surface area contributed by atoms with Gasteiger partial charge in [-0.1, -0.05) is 325 Å². The van der Waals surface area contributed by atoms with Gasteiger partial charge < -0.3 is 33.8 Å². The molecular weight excluding hydrogens is 1220 g/mol. The summed E-state index contributed by atoms with van der Waals surface area (Å²) in [6.45, 7) is 11.9. The van der Waals surface area contributed by atoms with E-state index >= 15 is 0 Å². The Bertz CT molecular complexity index is 1820. The molecule has 0 aliphatic carbocycles. The first kappa shape index (κ1) is 91.1. The average Bonchev–Trinajstić information content (AvgIpc) is 2.33. The standard InChI is InChI=1S/C74H144O17P2/c1-8-11-12-13-14-15-16-20-26-34-41-48-55-71(76)84-62-70(91-74(79)58-51-44-37-30-29-33-40-47-54-67(7)10-3)64-89-93(82,83)87-60-68(75)59-86-92(80,81)88-63-69(61-85-72(77)56-49-42-35-27-23-22-25-32-39-46-53-66(6)9-2)90-73(78)57-50-43-36-28-21-18-17-19-24-31-38-45-52-65(4)5/h65-70,75H,8-64H2,1-7H3,(H,80,81)(H,82,83)/t66?,67?,68-,69-,70-/m1/s1. The number of carbonyl (C=O) groups excluding carboxylic acids is 4. The van der Waals surface area contributed by atoms with Gasteiger partial charge in [-0.25, -0.2) is 9.13 Å². The van der Waals surface area contributed by atoms with E-state index in [0.29, 0.717) is 25.7 Å². The number of hydrogen-bond acceptors (Lipinski definition) is 15. The van der Waals surface area contributed by atoms with Gasteiger partial charge in [0, 0.05) is 25.7 Å². The fourth-order valence-corrected chi connectivity index (χ4v) is 12.8. The van der Waals surface area contributed by atoms with Crippen molar-refractivity contribution in [2.45, 2.75) is 394 Å². The Morgan fingerprint density at radius 1 is 0.312 bits per heavy atom. The van der Waals surface area contributed by atoms with Gasteiger partial charge in [0.25, 0.3) is 0 Å². The number of carbonyl (C=O) groups is 4. The fraction of sp³-hybridized carbons (Fsp3) is 0.946. The topological polar surface area (TPSA) is 237 Å². The van der Waals surface area contributed by atoms with Crippen LogP contribution in [0.5, 0.6) is 0 Å². The first-order valence-electron chi connectivity index (χ1n) is 38.4. The van der Waals surface area contributed by atoms with E-state index in [4.69, 9.17) is 37.0 Å². The number of aliphatic hydroxyl groups is 1. The van der Waals surface area contributed by atoms with Crippen LogP contribution in [0, 0.1) is 17.8 Å². The smallest absolute Gasteiger partial charge is 0.462 e. The predicted octanol–water partition coefficient (Wildman–Crippen LogP) is 21.4. The molecule has 3 N–H and O–H groups in total. The molecule has 0 spiro atoms. The highest BCUT2D eigenvalue weighted by molar-refractivity contribution is 7.47. The summed E-state index contributed by atoms with van der Waals surface area (Å²) in [5.41, 5.74) is 0. The van der Waals surface area contributed by atoms with Gasteiger partial charge in [-0.3, -0.25) is 37.3 Å². The van der Waals surface area contributed by atoms with Crippen molar-refractivity contribution in [3.05, 3.63) is 0 Å². The average molecular weight is 1370 g/mol. The van der Waals surface area contributed by atoms with E-state index in [9.17, 15) is 43.2 Å². The molecule has 0 fully saturated rings. The molecule has 0 aliphatic heterocycles. The molecule has 7 atom stereocenters. The van der Waals surface area contributed by atoms with E-state index in [0.717, 1.165) is 108 Å². The number of phosphoric acid groups is 2. The van der Waals surface area contributed by atoms with Crippen LogP contribution in [0.15, 0.2) is 0 Å². The largest absolute Gasteiger partial charge is 0.472 e. The SMILES string of the molecule is CCCCCCCCCCCCCCC(=O)OC[C@H](COP(=O)(O)OC[C@H](O)COP(=O)(O)OC[C@@H](COC(=O)CCCCCCCCCCCCC(C)CC)OC(=O)CCCCCCCCCCCCCCC(C)C)OC(=O)CCCCCCCCCCC(C)CC. The molecule has 0 aliphatic rings. The Balaban J connectivity index is 5.28. The Labute approximate surface area is 568 Å². The van der Waals surface area contributed by atoms with E-state index in [1.165, 1.54) is 186 Å². The molecule has 93 heavy (non-hydrogen) atoms. The summed E-state index contributed by atoms with van der Waals surface area (Å²) >= 11 is 0. The van der Waals surface area contributed by atoms with E-state index in [1.807, 2.05) is 0 Å².